The van der Waals surface area contributed by atoms with Crippen LogP contribution in [0.25, 0.3) is 0 Å². The number of nitrogens with one attached hydrogen (secondary N) is 1. The standard InChI is InChI=1S/C17H21N5O/c1-23-14-7-5-12(6-8-14)21-11-13(9-18)22-17-4-2-3-16(20)15(17)10-19/h2-9,11,22H,10,18-20H2,1H3. The Hall–Kier alpha value is -2.99. The minimum atomic E-state index is 0.336. The van der Waals surface area contributed by atoms with Crippen molar-refractivity contribution in [3.63, 3.8) is 0 Å². The van der Waals surface area contributed by atoms with Crippen LogP contribution in [0.15, 0.2) is 59.4 Å². The molecule has 0 bridgehead atoms. The number of nitrogens with zero attached hydrogens (tertiary/aromatic N) is 1. The summed E-state index contributed by atoms with van der Waals surface area (Å²) in [5.74, 6) is 0.781. The Labute approximate surface area is 135 Å². The Kier molecular flexibility index (Phi) is 5.60. The number of anilines is 2. The van der Waals surface area contributed by atoms with Gasteiger partial charge in [-0.1, -0.05) is 6.07 Å². The maximum Gasteiger partial charge on any atom is 0.119 e. The van der Waals surface area contributed by atoms with Gasteiger partial charge in [0.25, 0.3) is 0 Å². The zero-order valence-electron chi connectivity index (χ0n) is 13.0. The summed E-state index contributed by atoms with van der Waals surface area (Å²) in [6.45, 7) is 0.336. The van der Waals surface area contributed by atoms with E-state index in [9.17, 15) is 0 Å². The predicted molar refractivity (Wildman–Crippen MR) is 95.8 cm³/mol. The van der Waals surface area contributed by atoms with Gasteiger partial charge in [0.2, 0.25) is 0 Å². The molecule has 7 N–H and O–H groups in total. The third kappa shape index (κ3) is 4.24. The molecule has 0 unspecified atom stereocenters. The van der Waals surface area contributed by atoms with E-state index in [1.165, 1.54) is 6.20 Å². The molecule has 0 fully saturated rings. The van der Waals surface area contributed by atoms with Gasteiger partial charge in [0, 0.05) is 29.7 Å². The van der Waals surface area contributed by atoms with Crippen LogP contribution in [0, 0.1) is 0 Å². The second-order valence-electron chi connectivity index (χ2n) is 4.78. The number of hydrogen-bond donors (Lipinski definition) is 4. The molecule has 0 aliphatic heterocycles. The van der Waals surface area contributed by atoms with E-state index in [2.05, 4.69) is 10.3 Å². The highest BCUT2D eigenvalue weighted by Gasteiger charge is 2.05. The summed E-state index contributed by atoms with van der Waals surface area (Å²) < 4.78 is 5.11. The zero-order chi connectivity index (χ0) is 16.7. The molecular formula is C17H21N5O. The first-order valence-corrected chi connectivity index (χ1v) is 7.12. The van der Waals surface area contributed by atoms with E-state index >= 15 is 0 Å². The first-order valence-electron chi connectivity index (χ1n) is 7.12. The van der Waals surface area contributed by atoms with Crippen LogP contribution in [-0.4, -0.2) is 13.3 Å². The summed E-state index contributed by atoms with van der Waals surface area (Å²) >= 11 is 0. The van der Waals surface area contributed by atoms with Gasteiger partial charge in [0.05, 0.1) is 24.7 Å². The molecule has 0 radical (unpaired) electrons. The topological polar surface area (TPSA) is 112 Å². The first kappa shape index (κ1) is 16.4. The fourth-order valence-electron chi connectivity index (χ4n) is 2.03. The van der Waals surface area contributed by atoms with Crippen molar-refractivity contribution in [1.29, 1.82) is 0 Å². The highest BCUT2D eigenvalue weighted by molar-refractivity contribution is 5.86. The van der Waals surface area contributed by atoms with Crippen LogP contribution in [0.1, 0.15) is 5.56 Å². The molecule has 0 saturated heterocycles. The lowest BCUT2D eigenvalue weighted by atomic mass is 10.1. The SMILES string of the molecule is COc1ccc(N=CC(=CN)Nc2cccc(N)c2CN)cc1. The molecule has 0 aliphatic carbocycles. The average Bonchev–Trinajstić information content (AvgIpc) is 2.59. The molecule has 0 aromatic heterocycles. The Morgan fingerprint density at radius 2 is 1.96 bits per heavy atom. The van der Waals surface area contributed by atoms with Crippen LogP contribution in [0.2, 0.25) is 0 Å². The van der Waals surface area contributed by atoms with Crippen LogP contribution < -0.4 is 27.3 Å². The molecule has 0 atom stereocenters. The molecule has 2 aromatic rings. The van der Waals surface area contributed by atoms with Gasteiger partial charge < -0.3 is 27.3 Å². The number of nitrogens with two attached hydrogens (primary N) is 3. The molecule has 6 heteroatoms. The van der Waals surface area contributed by atoms with Gasteiger partial charge in [-0.3, -0.25) is 4.99 Å². The van der Waals surface area contributed by atoms with Crippen molar-refractivity contribution in [1.82, 2.24) is 0 Å². The summed E-state index contributed by atoms with van der Waals surface area (Å²) in [5, 5.41) is 3.18. The number of allylic oxidation sites excluding steroid dienone is 1. The van der Waals surface area contributed by atoms with Crippen molar-refractivity contribution in [2.24, 2.45) is 16.5 Å². The van der Waals surface area contributed by atoms with Crippen LogP contribution in [0.3, 0.4) is 0 Å². The molecule has 0 saturated carbocycles. The van der Waals surface area contributed by atoms with Gasteiger partial charge in [0.1, 0.15) is 5.75 Å². The third-order valence-corrected chi connectivity index (χ3v) is 3.30. The third-order valence-electron chi connectivity index (χ3n) is 3.30. The van der Waals surface area contributed by atoms with Crippen LogP contribution in [0.4, 0.5) is 17.1 Å². The molecule has 23 heavy (non-hydrogen) atoms. The van der Waals surface area contributed by atoms with Gasteiger partial charge in [-0.05, 0) is 36.4 Å². The minimum Gasteiger partial charge on any atom is -0.497 e. The van der Waals surface area contributed by atoms with Crippen LogP contribution >= 0.6 is 0 Å². The van der Waals surface area contributed by atoms with E-state index in [1.807, 2.05) is 42.5 Å². The summed E-state index contributed by atoms with van der Waals surface area (Å²) in [7, 11) is 1.62. The van der Waals surface area contributed by atoms with Crippen molar-refractivity contribution in [3.8, 4) is 5.75 Å². The van der Waals surface area contributed by atoms with E-state index in [0.717, 1.165) is 22.7 Å². The van der Waals surface area contributed by atoms with Crippen LogP contribution in [-0.2, 0) is 6.54 Å². The lowest BCUT2D eigenvalue weighted by Crippen LogP contribution is -2.10. The summed E-state index contributed by atoms with van der Waals surface area (Å²) in [5.41, 5.74) is 21.0. The minimum absolute atomic E-state index is 0.336. The Morgan fingerprint density at radius 1 is 1.22 bits per heavy atom. The van der Waals surface area contributed by atoms with E-state index in [0.29, 0.717) is 17.9 Å². The number of rotatable bonds is 6. The predicted octanol–water partition coefficient (Wildman–Crippen LogP) is 2.35. The van der Waals surface area contributed by atoms with Crippen LogP contribution in [0.5, 0.6) is 5.75 Å². The Balaban J connectivity index is 2.14. The second kappa shape index (κ2) is 7.86. The van der Waals surface area contributed by atoms with Gasteiger partial charge in [-0.2, -0.15) is 0 Å². The van der Waals surface area contributed by atoms with E-state index in [4.69, 9.17) is 21.9 Å². The maximum atomic E-state index is 5.93. The van der Waals surface area contributed by atoms with E-state index in [-0.39, 0.29) is 0 Å². The molecule has 0 spiro atoms. The molecule has 0 amide bonds. The van der Waals surface area contributed by atoms with Crippen molar-refractivity contribution < 1.29 is 4.74 Å². The molecule has 2 rings (SSSR count). The van der Waals surface area contributed by atoms with E-state index < -0.39 is 0 Å². The largest absolute Gasteiger partial charge is 0.497 e. The monoisotopic (exact) mass is 311 g/mol. The van der Waals surface area contributed by atoms with Gasteiger partial charge in [-0.25, -0.2) is 0 Å². The number of nitrogen functional groups attached to an aromatic ring is 1. The van der Waals surface area contributed by atoms with Gasteiger partial charge in [-0.15, -0.1) is 0 Å². The Morgan fingerprint density at radius 3 is 2.57 bits per heavy atom. The summed E-state index contributed by atoms with van der Waals surface area (Å²) in [6.07, 6.45) is 3.09. The summed E-state index contributed by atoms with van der Waals surface area (Å²) in [4.78, 5) is 4.37. The molecule has 120 valence electrons. The van der Waals surface area contributed by atoms with Crippen molar-refractivity contribution >= 4 is 23.3 Å². The quantitative estimate of drug-likeness (QED) is 0.483. The molecular weight excluding hydrogens is 290 g/mol. The number of benzene rings is 2. The molecule has 2 aromatic carbocycles. The van der Waals surface area contributed by atoms with Crippen molar-refractivity contribution in [2.75, 3.05) is 18.2 Å². The lowest BCUT2D eigenvalue weighted by molar-refractivity contribution is 0.415. The molecule has 0 aliphatic rings. The Bertz CT molecular complexity index is 707. The zero-order valence-corrected chi connectivity index (χ0v) is 13.0. The van der Waals surface area contributed by atoms with E-state index in [1.54, 1.807) is 13.3 Å². The van der Waals surface area contributed by atoms with Gasteiger partial charge in [0.15, 0.2) is 0 Å². The smallest absolute Gasteiger partial charge is 0.119 e. The first-order chi connectivity index (χ1) is 11.2. The fraction of sp³-hybridized carbons (Fsp3) is 0.118. The fourth-order valence-corrected chi connectivity index (χ4v) is 2.03. The molecule has 6 nitrogen and oxygen atoms in total. The number of ether oxygens (including phenoxy) is 1. The highest BCUT2D eigenvalue weighted by atomic mass is 16.5. The lowest BCUT2D eigenvalue weighted by Gasteiger charge is -2.13. The molecule has 0 heterocycles. The average molecular weight is 311 g/mol. The van der Waals surface area contributed by atoms with Crippen molar-refractivity contribution in [2.45, 2.75) is 6.54 Å². The maximum absolute atomic E-state index is 5.93. The number of methoxy groups -OCH3 is 1. The normalized spacial score (nSPS) is 11.7. The van der Waals surface area contributed by atoms with Crippen molar-refractivity contribution in [3.05, 3.63) is 59.9 Å². The van der Waals surface area contributed by atoms with Gasteiger partial charge >= 0.3 is 0 Å². The highest BCUT2D eigenvalue weighted by Crippen LogP contribution is 2.23. The number of hydrogen-bond acceptors (Lipinski definition) is 6. The number of aliphatic imine (C=N–C) groups is 1. The summed E-state index contributed by atoms with van der Waals surface area (Å²) in [6, 6.07) is 13.0. The second-order valence-corrected chi connectivity index (χ2v) is 4.78.